The van der Waals surface area contributed by atoms with Crippen molar-refractivity contribution in [2.75, 3.05) is 13.2 Å². The number of nitrogens with zero attached hydrogens (tertiary/aromatic N) is 1. The van der Waals surface area contributed by atoms with Crippen LogP contribution in [0.4, 0.5) is 0 Å². The van der Waals surface area contributed by atoms with E-state index in [1.165, 1.54) is 12.8 Å². The predicted molar refractivity (Wildman–Crippen MR) is 132 cm³/mol. The van der Waals surface area contributed by atoms with Gasteiger partial charge in [-0.25, -0.2) is 0 Å². The SMILES string of the molecule is O=C(NCCO)C1=C[C@@H](N(Cc2ccoc2)C(=O)CCC2CCCC2)[C@H](O)[C@H]2Oc3ccccc3[C@@H]12. The number of fused-ring (bicyclic) bond motifs is 3. The molecule has 0 bridgehead atoms. The van der Waals surface area contributed by atoms with Crippen LogP contribution in [0.1, 0.15) is 55.6 Å². The first kappa shape index (κ1) is 24.6. The topological polar surface area (TPSA) is 112 Å². The van der Waals surface area contributed by atoms with Crippen LogP contribution in [0, 0.1) is 5.92 Å². The molecule has 0 spiro atoms. The lowest BCUT2D eigenvalue weighted by Crippen LogP contribution is -2.55. The first-order chi connectivity index (χ1) is 17.6. The molecule has 2 aromatic rings. The van der Waals surface area contributed by atoms with Crippen LogP contribution in [0.2, 0.25) is 0 Å². The first-order valence-corrected chi connectivity index (χ1v) is 12.9. The van der Waals surface area contributed by atoms with Crippen LogP contribution in [-0.4, -0.2) is 58.3 Å². The normalized spacial score (nSPS) is 25.0. The number of nitrogens with one attached hydrogen (secondary N) is 1. The van der Waals surface area contributed by atoms with Crippen LogP contribution in [0.15, 0.2) is 58.9 Å². The Balaban J connectivity index is 1.47. The molecule has 4 atom stereocenters. The van der Waals surface area contributed by atoms with E-state index in [0.29, 0.717) is 23.7 Å². The Morgan fingerprint density at radius 2 is 1.94 bits per heavy atom. The van der Waals surface area contributed by atoms with Crippen LogP contribution in [-0.2, 0) is 16.1 Å². The van der Waals surface area contributed by atoms with Gasteiger partial charge in [-0.1, -0.05) is 43.9 Å². The third-order valence-corrected chi connectivity index (χ3v) is 7.73. The van der Waals surface area contributed by atoms with Gasteiger partial charge < -0.3 is 29.6 Å². The van der Waals surface area contributed by atoms with Crippen LogP contribution >= 0.6 is 0 Å². The Kier molecular flexibility index (Phi) is 7.43. The number of aliphatic hydroxyl groups excluding tert-OH is 2. The highest BCUT2D eigenvalue weighted by atomic mass is 16.5. The summed E-state index contributed by atoms with van der Waals surface area (Å²) in [5.74, 6) is 0.330. The molecule has 0 radical (unpaired) electrons. The van der Waals surface area contributed by atoms with E-state index < -0.39 is 24.2 Å². The van der Waals surface area contributed by atoms with Crippen molar-refractivity contribution in [2.45, 2.75) is 69.2 Å². The maximum absolute atomic E-state index is 13.6. The fourth-order valence-electron chi connectivity index (χ4n) is 5.90. The highest BCUT2D eigenvalue weighted by Gasteiger charge is 2.50. The number of aliphatic hydroxyl groups is 2. The second-order valence-corrected chi connectivity index (χ2v) is 10.0. The van der Waals surface area contributed by atoms with Crippen molar-refractivity contribution >= 4 is 11.8 Å². The minimum absolute atomic E-state index is 0.0625. The minimum Gasteiger partial charge on any atom is -0.486 e. The summed E-state index contributed by atoms with van der Waals surface area (Å²) in [7, 11) is 0. The van der Waals surface area contributed by atoms with Gasteiger partial charge in [0.05, 0.1) is 31.1 Å². The molecule has 1 aliphatic heterocycles. The molecule has 8 heteroatoms. The molecule has 2 amide bonds. The maximum atomic E-state index is 13.6. The van der Waals surface area contributed by atoms with E-state index >= 15 is 0 Å². The zero-order valence-electron chi connectivity index (χ0n) is 20.3. The molecule has 192 valence electrons. The van der Waals surface area contributed by atoms with Crippen molar-refractivity contribution in [3.8, 4) is 5.75 Å². The molecule has 1 aromatic heterocycles. The van der Waals surface area contributed by atoms with Gasteiger partial charge in [-0.05, 0) is 30.5 Å². The van der Waals surface area contributed by atoms with Crippen molar-refractivity contribution in [3.05, 3.63) is 65.6 Å². The quantitative estimate of drug-likeness (QED) is 0.494. The first-order valence-electron chi connectivity index (χ1n) is 12.9. The van der Waals surface area contributed by atoms with Gasteiger partial charge in [0.1, 0.15) is 18.0 Å². The fourth-order valence-corrected chi connectivity index (χ4v) is 5.90. The molecule has 2 aliphatic carbocycles. The number of furan rings is 1. The summed E-state index contributed by atoms with van der Waals surface area (Å²) < 4.78 is 11.4. The van der Waals surface area contributed by atoms with E-state index in [1.54, 1.807) is 29.6 Å². The standard InChI is InChI=1S/C28H34N2O6/c31-13-12-29-28(34)21-15-22(26(33)27-25(21)20-7-3-4-8-23(20)36-27)30(16-19-11-14-35-17-19)24(32)10-9-18-5-1-2-6-18/h3-4,7-8,11,14-15,17-18,22,25-27,31,33H,1-2,5-6,9-10,12-13,16H2,(H,29,34)/t22-,25+,26+,27+/m1/s1. The molecular weight excluding hydrogens is 460 g/mol. The monoisotopic (exact) mass is 494 g/mol. The Labute approximate surface area is 210 Å². The second-order valence-electron chi connectivity index (χ2n) is 10.0. The lowest BCUT2D eigenvalue weighted by atomic mass is 9.77. The largest absolute Gasteiger partial charge is 0.486 e. The molecular formula is C28H34N2O6. The van der Waals surface area contributed by atoms with Crippen LogP contribution in [0.25, 0.3) is 0 Å². The van der Waals surface area contributed by atoms with Crippen LogP contribution in [0.5, 0.6) is 5.75 Å². The predicted octanol–water partition coefficient (Wildman–Crippen LogP) is 2.90. The average molecular weight is 495 g/mol. The van der Waals surface area contributed by atoms with E-state index in [4.69, 9.17) is 9.15 Å². The summed E-state index contributed by atoms with van der Waals surface area (Å²) in [4.78, 5) is 28.5. The summed E-state index contributed by atoms with van der Waals surface area (Å²) >= 11 is 0. The lowest BCUT2D eigenvalue weighted by molar-refractivity contribution is -0.138. The van der Waals surface area contributed by atoms with Crippen molar-refractivity contribution in [1.82, 2.24) is 10.2 Å². The number of hydrogen-bond donors (Lipinski definition) is 3. The number of rotatable bonds is 9. The summed E-state index contributed by atoms with van der Waals surface area (Å²) in [6.07, 6.45) is 9.10. The van der Waals surface area contributed by atoms with E-state index in [2.05, 4.69) is 5.32 Å². The van der Waals surface area contributed by atoms with E-state index in [0.717, 1.165) is 30.4 Å². The van der Waals surface area contributed by atoms with E-state index in [9.17, 15) is 19.8 Å². The zero-order valence-corrected chi connectivity index (χ0v) is 20.3. The van der Waals surface area contributed by atoms with Gasteiger partial charge in [-0.2, -0.15) is 0 Å². The zero-order chi connectivity index (χ0) is 25.1. The highest BCUT2D eigenvalue weighted by Crippen LogP contribution is 2.47. The number of para-hydroxylation sites is 1. The second kappa shape index (κ2) is 10.9. The number of amides is 2. The number of benzene rings is 1. The molecule has 3 aliphatic rings. The van der Waals surface area contributed by atoms with Crippen LogP contribution in [0.3, 0.4) is 0 Å². The summed E-state index contributed by atoms with van der Waals surface area (Å²) in [5.41, 5.74) is 2.09. The van der Waals surface area contributed by atoms with Gasteiger partial charge in [0.25, 0.3) is 0 Å². The highest BCUT2D eigenvalue weighted by molar-refractivity contribution is 5.96. The smallest absolute Gasteiger partial charge is 0.247 e. The lowest BCUT2D eigenvalue weighted by Gasteiger charge is -2.40. The van der Waals surface area contributed by atoms with Gasteiger partial charge in [0, 0.05) is 36.2 Å². The van der Waals surface area contributed by atoms with Crippen LogP contribution < -0.4 is 10.1 Å². The van der Waals surface area contributed by atoms with Gasteiger partial charge in [0.15, 0.2) is 0 Å². The number of carbonyl (C=O) groups excluding carboxylic acids is 2. The molecule has 1 fully saturated rings. The van der Waals surface area contributed by atoms with Crippen molar-refractivity contribution < 1.29 is 29.0 Å². The summed E-state index contributed by atoms with van der Waals surface area (Å²) in [6, 6.07) is 8.51. The molecule has 3 N–H and O–H groups in total. The van der Waals surface area contributed by atoms with Gasteiger partial charge in [-0.15, -0.1) is 0 Å². The third-order valence-electron chi connectivity index (χ3n) is 7.73. The Bertz CT molecular complexity index is 1090. The minimum atomic E-state index is -1.03. The van der Waals surface area contributed by atoms with E-state index in [1.807, 2.05) is 24.3 Å². The van der Waals surface area contributed by atoms with Crippen molar-refractivity contribution in [1.29, 1.82) is 0 Å². The van der Waals surface area contributed by atoms with Crippen molar-refractivity contribution in [3.63, 3.8) is 0 Å². The Hall–Kier alpha value is -3.10. The Morgan fingerprint density at radius 3 is 2.69 bits per heavy atom. The van der Waals surface area contributed by atoms with E-state index in [-0.39, 0.29) is 31.5 Å². The molecule has 1 saturated carbocycles. The van der Waals surface area contributed by atoms with Gasteiger partial charge >= 0.3 is 0 Å². The third kappa shape index (κ3) is 4.92. The number of carbonyl (C=O) groups is 2. The number of ether oxygens (including phenoxy) is 1. The molecule has 0 unspecified atom stereocenters. The molecule has 2 heterocycles. The maximum Gasteiger partial charge on any atom is 0.247 e. The number of hydrogen-bond acceptors (Lipinski definition) is 6. The summed E-state index contributed by atoms with van der Waals surface area (Å²) in [5, 5.41) is 23.5. The van der Waals surface area contributed by atoms with Gasteiger partial charge in [-0.3, -0.25) is 9.59 Å². The molecule has 5 rings (SSSR count). The van der Waals surface area contributed by atoms with Gasteiger partial charge in [0.2, 0.25) is 11.8 Å². The van der Waals surface area contributed by atoms with Crippen molar-refractivity contribution in [2.24, 2.45) is 5.92 Å². The molecule has 36 heavy (non-hydrogen) atoms. The average Bonchev–Trinajstić information content (AvgIpc) is 3.66. The molecule has 8 nitrogen and oxygen atoms in total. The summed E-state index contributed by atoms with van der Waals surface area (Å²) in [6.45, 7) is 0.189. The molecule has 0 saturated heterocycles. The molecule has 1 aromatic carbocycles. The Morgan fingerprint density at radius 1 is 1.14 bits per heavy atom. The fraction of sp³-hybridized carbons (Fsp3) is 0.500.